The molecule has 4 heteroatoms. The van der Waals surface area contributed by atoms with E-state index in [1.54, 1.807) is 18.3 Å². The van der Waals surface area contributed by atoms with Crippen molar-refractivity contribution in [2.45, 2.75) is 26.2 Å². The number of ether oxygens (including phenoxy) is 1. The van der Waals surface area contributed by atoms with Gasteiger partial charge in [0.25, 0.3) is 0 Å². The first-order chi connectivity index (χ1) is 10.6. The molecule has 2 aromatic rings. The second-order valence-corrected chi connectivity index (χ2v) is 5.61. The number of benzene rings is 2. The van der Waals surface area contributed by atoms with E-state index in [0.29, 0.717) is 22.3 Å². The predicted octanol–water partition coefficient (Wildman–Crippen LogP) is 5.32. The van der Waals surface area contributed by atoms with E-state index in [1.807, 2.05) is 18.2 Å². The molecule has 3 nitrogen and oxygen atoms in total. The number of nitrogens with zero attached hydrogens (tertiary/aromatic N) is 1. The molecule has 0 radical (unpaired) electrons. The molecule has 0 aliphatic carbocycles. The molecule has 0 heterocycles. The van der Waals surface area contributed by atoms with Gasteiger partial charge in [0.15, 0.2) is 11.5 Å². The first kappa shape index (κ1) is 16.4. The molecule has 0 aromatic heterocycles. The van der Waals surface area contributed by atoms with E-state index in [4.69, 9.17) is 16.3 Å². The van der Waals surface area contributed by atoms with Crippen LogP contribution in [0.25, 0.3) is 0 Å². The minimum Gasteiger partial charge on any atom is -0.504 e. The van der Waals surface area contributed by atoms with Gasteiger partial charge in [0.2, 0.25) is 0 Å². The zero-order chi connectivity index (χ0) is 16.1. The average molecular weight is 318 g/mol. The van der Waals surface area contributed by atoms with Gasteiger partial charge in [-0.15, -0.1) is 0 Å². The Morgan fingerprint density at radius 1 is 1.32 bits per heavy atom. The third-order valence-electron chi connectivity index (χ3n) is 3.71. The van der Waals surface area contributed by atoms with E-state index in [2.05, 4.69) is 24.9 Å². The van der Waals surface area contributed by atoms with E-state index < -0.39 is 0 Å². The molecule has 116 valence electrons. The van der Waals surface area contributed by atoms with Gasteiger partial charge < -0.3 is 9.84 Å². The fraction of sp³-hybridized carbons (Fsp3) is 0.278. The Kier molecular flexibility index (Phi) is 5.45. The fourth-order valence-corrected chi connectivity index (χ4v) is 2.45. The Morgan fingerprint density at radius 2 is 2.05 bits per heavy atom. The molecule has 0 aliphatic heterocycles. The van der Waals surface area contributed by atoms with Crippen molar-refractivity contribution in [1.29, 1.82) is 0 Å². The molecule has 0 spiro atoms. The van der Waals surface area contributed by atoms with E-state index in [1.165, 1.54) is 12.7 Å². The maximum atomic E-state index is 10.1. The highest BCUT2D eigenvalue weighted by molar-refractivity contribution is 6.31. The standard InChI is InChI=1S/C18H20ClNO2/c1-4-12(2)15-7-5-6-8-16(15)20-11-13-9-14(19)10-17(22-3)18(13)21/h5-12,21H,4H2,1-3H3/t12-/m0/s1. The lowest BCUT2D eigenvalue weighted by Gasteiger charge is -2.12. The molecular weight excluding hydrogens is 298 g/mol. The number of aromatic hydroxyl groups is 1. The van der Waals surface area contributed by atoms with Crippen LogP contribution >= 0.6 is 11.6 Å². The summed E-state index contributed by atoms with van der Waals surface area (Å²) in [6.45, 7) is 4.33. The van der Waals surface area contributed by atoms with Gasteiger partial charge in [-0.1, -0.05) is 43.6 Å². The topological polar surface area (TPSA) is 41.8 Å². The van der Waals surface area contributed by atoms with Gasteiger partial charge in [-0.05, 0) is 30.0 Å². The van der Waals surface area contributed by atoms with Crippen LogP contribution < -0.4 is 4.74 Å². The number of halogens is 1. The average Bonchev–Trinajstić information content (AvgIpc) is 2.54. The van der Waals surface area contributed by atoms with E-state index in [9.17, 15) is 5.11 Å². The number of hydrogen-bond acceptors (Lipinski definition) is 3. The zero-order valence-corrected chi connectivity index (χ0v) is 13.8. The summed E-state index contributed by atoms with van der Waals surface area (Å²) in [4.78, 5) is 4.52. The summed E-state index contributed by atoms with van der Waals surface area (Å²) in [5.41, 5.74) is 2.62. The summed E-state index contributed by atoms with van der Waals surface area (Å²) in [7, 11) is 1.49. The van der Waals surface area contributed by atoms with Crippen LogP contribution in [0.4, 0.5) is 5.69 Å². The molecule has 0 aliphatic rings. The quantitative estimate of drug-likeness (QED) is 0.758. The highest BCUT2D eigenvalue weighted by atomic mass is 35.5. The molecule has 2 aromatic carbocycles. The van der Waals surface area contributed by atoms with Crippen LogP contribution in [0.1, 0.15) is 37.3 Å². The van der Waals surface area contributed by atoms with Crippen LogP contribution in [-0.2, 0) is 0 Å². The molecule has 0 unspecified atom stereocenters. The Labute approximate surface area is 136 Å². The summed E-state index contributed by atoms with van der Waals surface area (Å²) < 4.78 is 5.10. The first-order valence-electron chi connectivity index (χ1n) is 7.26. The van der Waals surface area contributed by atoms with Crippen LogP contribution in [0.3, 0.4) is 0 Å². The molecule has 0 amide bonds. The van der Waals surface area contributed by atoms with Gasteiger partial charge in [0.1, 0.15) is 0 Å². The Bertz CT molecular complexity index is 683. The van der Waals surface area contributed by atoms with Crippen LogP contribution in [-0.4, -0.2) is 18.4 Å². The second-order valence-electron chi connectivity index (χ2n) is 5.17. The van der Waals surface area contributed by atoms with E-state index in [-0.39, 0.29) is 5.75 Å². The Balaban J connectivity index is 2.40. The molecule has 2 rings (SSSR count). The number of aliphatic imine (C=N–C) groups is 1. The lowest BCUT2D eigenvalue weighted by atomic mass is 9.97. The summed E-state index contributed by atoms with van der Waals surface area (Å²) in [5.74, 6) is 0.802. The highest BCUT2D eigenvalue weighted by Gasteiger charge is 2.10. The maximum absolute atomic E-state index is 10.1. The first-order valence-corrected chi connectivity index (χ1v) is 7.64. The fourth-order valence-electron chi connectivity index (χ4n) is 2.23. The number of para-hydroxylation sites is 1. The highest BCUT2D eigenvalue weighted by Crippen LogP contribution is 2.33. The normalized spacial score (nSPS) is 12.5. The van der Waals surface area contributed by atoms with E-state index >= 15 is 0 Å². The van der Waals surface area contributed by atoms with Gasteiger partial charge in [0, 0.05) is 22.9 Å². The molecule has 1 atom stereocenters. The van der Waals surface area contributed by atoms with Crippen molar-refractivity contribution >= 4 is 23.5 Å². The van der Waals surface area contributed by atoms with Gasteiger partial charge in [-0.2, -0.15) is 0 Å². The predicted molar refractivity (Wildman–Crippen MR) is 92.1 cm³/mol. The van der Waals surface area contributed by atoms with Crippen molar-refractivity contribution < 1.29 is 9.84 Å². The zero-order valence-electron chi connectivity index (χ0n) is 13.0. The van der Waals surface area contributed by atoms with Crippen LogP contribution in [0.5, 0.6) is 11.5 Å². The summed E-state index contributed by atoms with van der Waals surface area (Å²) >= 11 is 6.03. The Hall–Kier alpha value is -2.00. The second kappa shape index (κ2) is 7.32. The van der Waals surface area contributed by atoms with Gasteiger partial charge >= 0.3 is 0 Å². The molecule has 0 fully saturated rings. The van der Waals surface area contributed by atoms with Crippen molar-refractivity contribution in [3.05, 3.63) is 52.5 Å². The van der Waals surface area contributed by atoms with Crippen LogP contribution in [0.15, 0.2) is 41.4 Å². The van der Waals surface area contributed by atoms with Crippen molar-refractivity contribution in [3.8, 4) is 11.5 Å². The minimum atomic E-state index is 0.0386. The number of phenols is 1. The summed E-state index contributed by atoms with van der Waals surface area (Å²) in [6.07, 6.45) is 2.66. The number of rotatable bonds is 5. The number of phenolic OH excluding ortho intramolecular Hbond substituents is 1. The van der Waals surface area contributed by atoms with Gasteiger partial charge in [-0.25, -0.2) is 0 Å². The lowest BCUT2D eigenvalue weighted by Crippen LogP contribution is -1.92. The number of hydrogen-bond donors (Lipinski definition) is 1. The molecule has 22 heavy (non-hydrogen) atoms. The third-order valence-corrected chi connectivity index (χ3v) is 3.93. The molecule has 0 bridgehead atoms. The van der Waals surface area contributed by atoms with Gasteiger partial charge in [0.05, 0.1) is 12.8 Å². The summed E-state index contributed by atoms with van der Waals surface area (Å²) in [5, 5.41) is 10.6. The van der Waals surface area contributed by atoms with Crippen LogP contribution in [0, 0.1) is 0 Å². The summed E-state index contributed by atoms with van der Waals surface area (Å²) in [6, 6.07) is 11.3. The van der Waals surface area contributed by atoms with Crippen molar-refractivity contribution in [2.24, 2.45) is 4.99 Å². The molecule has 1 N–H and O–H groups in total. The van der Waals surface area contributed by atoms with Crippen molar-refractivity contribution in [2.75, 3.05) is 7.11 Å². The largest absolute Gasteiger partial charge is 0.504 e. The van der Waals surface area contributed by atoms with Gasteiger partial charge in [-0.3, -0.25) is 4.99 Å². The monoisotopic (exact) mass is 317 g/mol. The Morgan fingerprint density at radius 3 is 2.73 bits per heavy atom. The molecule has 0 saturated carbocycles. The third kappa shape index (κ3) is 3.60. The lowest BCUT2D eigenvalue weighted by molar-refractivity contribution is 0.373. The SMILES string of the molecule is CC[C@H](C)c1ccccc1N=Cc1cc(Cl)cc(OC)c1O. The van der Waals surface area contributed by atoms with E-state index in [0.717, 1.165) is 12.1 Å². The maximum Gasteiger partial charge on any atom is 0.166 e. The number of methoxy groups -OCH3 is 1. The van der Waals surface area contributed by atoms with Crippen molar-refractivity contribution in [1.82, 2.24) is 0 Å². The minimum absolute atomic E-state index is 0.0386. The van der Waals surface area contributed by atoms with Crippen LogP contribution in [0.2, 0.25) is 5.02 Å². The molecule has 0 saturated heterocycles. The molecular formula is C18H20ClNO2. The smallest absolute Gasteiger partial charge is 0.166 e. The van der Waals surface area contributed by atoms with Crippen molar-refractivity contribution in [3.63, 3.8) is 0 Å².